The Morgan fingerprint density at radius 2 is 1.59 bits per heavy atom. The number of para-hydroxylation sites is 1. The number of sulfonamides is 1. The first-order valence-corrected chi connectivity index (χ1v) is 12.5. The Bertz CT molecular complexity index is 1420. The molecule has 3 aromatic carbocycles. The van der Waals surface area contributed by atoms with E-state index in [0.717, 1.165) is 11.1 Å². The van der Waals surface area contributed by atoms with Gasteiger partial charge in [0.25, 0.3) is 5.56 Å². The monoisotopic (exact) mass is 465 g/mol. The lowest BCUT2D eigenvalue weighted by molar-refractivity contribution is 0.520. The number of fused-ring (bicyclic) bond motifs is 1. The molecule has 0 amide bonds. The Morgan fingerprint density at radius 1 is 0.906 bits per heavy atom. The minimum atomic E-state index is -3.51. The summed E-state index contributed by atoms with van der Waals surface area (Å²) in [7, 11) is -0.490. The summed E-state index contributed by atoms with van der Waals surface area (Å²) in [6.45, 7) is 0.412. The second-order valence-electron chi connectivity index (χ2n) is 7.51. The maximum Gasteiger partial charge on any atom is 0.262 e. The van der Waals surface area contributed by atoms with Crippen molar-refractivity contribution in [1.29, 1.82) is 0 Å². The molecule has 0 unspecified atom stereocenters. The first kappa shape index (κ1) is 22.3. The van der Waals surface area contributed by atoms with E-state index in [1.54, 1.807) is 28.8 Å². The van der Waals surface area contributed by atoms with Crippen LogP contribution in [0.1, 0.15) is 11.1 Å². The zero-order valence-corrected chi connectivity index (χ0v) is 19.4. The molecule has 0 aliphatic rings. The zero-order valence-electron chi connectivity index (χ0n) is 17.8. The van der Waals surface area contributed by atoms with Gasteiger partial charge in [-0.25, -0.2) is 17.7 Å². The summed E-state index contributed by atoms with van der Waals surface area (Å²) in [6.07, 6.45) is 0. The van der Waals surface area contributed by atoms with E-state index < -0.39 is 10.0 Å². The molecule has 0 saturated heterocycles. The largest absolute Gasteiger partial charge is 0.283 e. The molecule has 0 N–H and O–H groups in total. The van der Waals surface area contributed by atoms with Crippen molar-refractivity contribution in [3.05, 3.63) is 100 Å². The third kappa shape index (κ3) is 4.62. The number of benzene rings is 3. The van der Waals surface area contributed by atoms with Gasteiger partial charge < -0.3 is 0 Å². The molecule has 0 fully saturated rings. The summed E-state index contributed by atoms with van der Waals surface area (Å²) in [6, 6.07) is 24.0. The summed E-state index contributed by atoms with van der Waals surface area (Å²) in [5.41, 5.74) is 2.40. The summed E-state index contributed by atoms with van der Waals surface area (Å²) < 4.78 is 27.8. The van der Waals surface area contributed by atoms with Crippen LogP contribution in [0.2, 0.25) is 0 Å². The maximum atomic E-state index is 13.3. The van der Waals surface area contributed by atoms with Gasteiger partial charge in [0.15, 0.2) is 5.16 Å². The summed E-state index contributed by atoms with van der Waals surface area (Å²) in [4.78, 5) is 18.2. The highest BCUT2D eigenvalue weighted by molar-refractivity contribution is 7.98. The SMILES string of the molecule is CN(C)S(=O)(=O)c1cccc(CSc2nc3ccccc3c(=O)n2Cc2ccccc2)c1. The van der Waals surface area contributed by atoms with Crippen LogP contribution in [-0.2, 0) is 22.3 Å². The fourth-order valence-electron chi connectivity index (χ4n) is 3.32. The highest BCUT2D eigenvalue weighted by Gasteiger charge is 2.18. The quantitative estimate of drug-likeness (QED) is 0.305. The van der Waals surface area contributed by atoms with Crippen LogP contribution in [0.15, 0.2) is 93.7 Å². The van der Waals surface area contributed by atoms with E-state index in [1.165, 1.54) is 30.2 Å². The minimum Gasteiger partial charge on any atom is -0.283 e. The van der Waals surface area contributed by atoms with Crippen molar-refractivity contribution in [2.75, 3.05) is 14.1 Å². The van der Waals surface area contributed by atoms with E-state index in [9.17, 15) is 13.2 Å². The molecular weight excluding hydrogens is 442 g/mol. The molecular formula is C24H23N3O3S2. The van der Waals surface area contributed by atoms with Gasteiger partial charge in [0.2, 0.25) is 10.0 Å². The molecule has 0 bridgehead atoms. The number of aromatic nitrogens is 2. The van der Waals surface area contributed by atoms with Gasteiger partial charge in [-0.15, -0.1) is 0 Å². The van der Waals surface area contributed by atoms with Gasteiger partial charge in [-0.2, -0.15) is 0 Å². The molecule has 0 atom stereocenters. The van der Waals surface area contributed by atoms with Crippen molar-refractivity contribution >= 4 is 32.7 Å². The predicted molar refractivity (Wildman–Crippen MR) is 128 cm³/mol. The molecule has 0 saturated carbocycles. The van der Waals surface area contributed by atoms with Gasteiger partial charge in [0, 0.05) is 19.8 Å². The highest BCUT2D eigenvalue weighted by atomic mass is 32.2. The third-order valence-corrected chi connectivity index (χ3v) is 7.91. The average Bonchev–Trinajstić information content (AvgIpc) is 2.80. The Hall–Kier alpha value is -2.94. The van der Waals surface area contributed by atoms with Gasteiger partial charge in [-0.3, -0.25) is 9.36 Å². The molecule has 0 spiro atoms. The number of hydrogen-bond donors (Lipinski definition) is 0. The Morgan fingerprint density at radius 3 is 2.34 bits per heavy atom. The van der Waals surface area contributed by atoms with E-state index in [1.807, 2.05) is 54.6 Å². The van der Waals surface area contributed by atoms with Gasteiger partial charge in [-0.1, -0.05) is 66.4 Å². The Labute approximate surface area is 191 Å². The molecule has 1 heterocycles. The number of hydrogen-bond acceptors (Lipinski definition) is 5. The zero-order chi connectivity index (χ0) is 22.7. The molecule has 32 heavy (non-hydrogen) atoms. The van der Waals surface area contributed by atoms with E-state index in [4.69, 9.17) is 4.98 Å². The van der Waals surface area contributed by atoms with Gasteiger partial charge in [0.05, 0.1) is 22.3 Å². The smallest absolute Gasteiger partial charge is 0.262 e. The van der Waals surface area contributed by atoms with Gasteiger partial charge in [0.1, 0.15) is 0 Å². The third-order valence-electron chi connectivity index (χ3n) is 5.06. The van der Waals surface area contributed by atoms with Crippen LogP contribution in [0.5, 0.6) is 0 Å². The molecule has 0 aliphatic carbocycles. The van der Waals surface area contributed by atoms with Crippen LogP contribution in [0.3, 0.4) is 0 Å². The van der Waals surface area contributed by atoms with Gasteiger partial charge in [-0.05, 0) is 35.4 Å². The average molecular weight is 466 g/mol. The Balaban J connectivity index is 1.70. The van der Waals surface area contributed by atoms with Crippen molar-refractivity contribution in [2.24, 2.45) is 0 Å². The van der Waals surface area contributed by atoms with Crippen molar-refractivity contribution in [2.45, 2.75) is 22.3 Å². The van der Waals surface area contributed by atoms with Crippen LogP contribution < -0.4 is 5.56 Å². The topological polar surface area (TPSA) is 72.3 Å². The van der Waals surface area contributed by atoms with E-state index in [-0.39, 0.29) is 10.5 Å². The van der Waals surface area contributed by atoms with Crippen LogP contribution in [-0.4, -0.2) is 36.4 Å². The lowest BCUT2D eigenvalue weighted by atomic mass is 10.2. The fraction of sp³-hybridized carbons (Fsp3) is 0.167. The molecule has 8 heteroatoms. The Kier molecular flexibility index (Phi) is 6.45. The predicted octanol–water partition coefficient (Wildman–Crippen LogP) is 3.99. The summed E-state index contributed by atoms with van der Waals surface area (Å²) in [5.74, 6) is 0.482. The van der Waals surface area contributed by atoms with Crippen molar-refractivity contribution < 1.29 is 8.42 Å². The minimum absolute atomic E-state index is 0.0918. The van der Waals surface area contributed by atoms with E-state index in [2.05, 4.69) is 0 Å². The van der Waals surface area contributed by atoms with Gasteiger partial charge >= 0.3 is 0 Å². The van der Waals surface area contributed by atoms with Crippen molar-refractivity contribution in [1.82, 2.24) is 13.9 Å². The molecule has 4 rings (SSSR count). The highest BCUT2D eigenvalue weighted by Crippen LogP contribution is 2.24. The molecule has 164 valence electrons. The summed E-state index contributed by atoms with van der Waals surface area (Å²) in [5, 5.41) is 1.17. The van der Waals surface area contributed by atoms with Crippen LogP contribution in [0.25, 0.3) is 10.9 Å². The van der Waals surface area contributed by atoms with Crippen molar-refractivity contribution in [3.63, 3.8) is 0 Å². The van der Waals surface area contributed by atoms with E-state index >= 15 is 0 Å². The molecule has 6 nitrogen and oxygen atoms in total. The second kappa shape index (κ2) is 9.28. The lowest BCUT2D eigenvalue weighted by Gasteiger charge is -2.14. The summed E-state index contributed by atoms with van der Waals surface area (Å²) >= 11 is 1.42. The maximum absolute atomic E-state index is 13.3. The molecule has 4 aromatic rings. The normalized spacial score (nSPS) is 11.8. The van der Waals surface area contributed by atoms with Crippen LogP contribution >= 0.6 is 11.8 Å². The first-order valence-electron chi connectivity index (χ1n) is 10.0. The standard InChI is InChI=1S/C24H23N3O3S2/c1-26(2)32(29,30)20-12-8-11-19(15-20)17-31-24-25-22-14-7-6-13-21(22)23(28)27(24)16-18-9-4-3-5-10-18/h3-15H,16-17H2,1-2H3. The number of rotatable bonds is 7. The molecule has 1 aromatic heterocycles. The van der Waals surface area contributed by atoms with Crippen LogP contribution in [0, 0.1) is 0 Å². The molecule has 0 aliphatic heterocycles. The fourth-order valence-corrected chi connectivity index (χ4v) is 5.23. The molecule has 0 radical (unpaired) electrons. The number of thioether (sulfide) groups is 1. The lowest BCUT2D eigenvalue weighted by Crippen LogP contribution is -2.24. The first-order chi connectivity index (χ1) is 15.4. The van der Waals surface area contributed by atoms with Crippen LogP contribution in [0.4, 0.5) is 0 Å². The van der Waals surface area contributed by atoms with Crippen molar-refractivity contribution in [3.8, 4) is 0 Å². The number of nitrogens with zero attached hydrogens (tertiary/aromatic N) is 3. The second-order valence-corrected chi connectivity index (χ2v) is 10.6. The van der Waals surface area contributed by atoms with E-state index in [0.29, 0.717) is 28.4 Å².